The second-order valence-electron chi connectivity index (χ2n) is 5.34. The van der Waals surface area contributed by atoms with E-state index in [0.29, 0.717) is 28.1 Å². The van der Waals surface area contributed by atoms with E-state index in [4.69, 9.17) is 16.3 Å². The third-order valence-corrected chi connectivity index (χ3v) is 4.17. The molecular formula is C17H12ClFN4O2. The van der Waals surface area contributed by atoms with Crippen molar-refractivity contribution in [2.45, 2.75) is 0 Å². The van der Waals surface area contributed by atoms with Crippen LogP contribution in [0.5, 0.6) is 11.5 Å². The number of aromatic hydroxyl groups is 1. The first-order valence-electron chi connectivity index (χ1n) is 7.32. The van der Waals surface area contributed by atoms with Crippen molar-refractivity contribution in [3.63, 3.8) is 0 Å². The molecule has 4 rings (SSSR count). The second kappa shape index (κ2) is 5.78. The maximum absolute atomic E-state index is 14.1. The summed E-state index contributed by atoms with van der Waals surface area (Å²) in [5, 5.41) is 13.2. The van der Waals surface area contributed by atoms with Gasteiger partial charge in [-0.15, -0.1) is 0 Å². The molecule has 0 saturated carbocycles. The van der Waals surface area contributed by atoms with E-state index >= 15 is 0 Å². The lowest BCUT2D eigenvalue weighted by Crippen LogP contribution is -2.01. The first-order valence-corrected chi connectivity index (χ1v) is 7.70. The van der Waals surface area contributed by atoms with Crippen molar-refractivity contribution in [1.29, 1.82) is 0 Å². The maximum Gasteiger partial charge on any atom is 0.162 e. The zero-order valence-corrected chi connectivity index (χ0v) is 13.8. The van der Waals surface area contributed by atoms with Crippen LogP contribution >= 0.6 is 11.6 Å². The summed E-state index contributed by atoms with van der Waals surface area (Å²) >= 11 is 6.08. The molecule has 2 heterocycles. The van der Waals surface area contributed by atoms with Gasteiger partial charge in [0.25, 0.3) is 0 Å². The van der Waals surface area contributed by atoms with Crippen LogP contribution in [0.15, 0.2) is 42.9 Å². The Balaban J connectivity index is 1.96. The van der Waals surface area contributed by atoms with Gasteiger partial charge in [-0.25, -0.2) is 14.4 Å². The Kier molecular flexibility index (Phi) is 3.58. The minimum Gasteiger partial charge on any atom is -0.504 e. The average molecular weight is 359 g/mol. The molecule has 0 saturated heterocycles. The fourth-order valence-electron chi connectivity index (χ4n) is 2.66. The average Bonchev–Trinajstić information content (AvgIpc) is 3.08. The molecule has 0 aliphatic rings. The first kappa shape index (κ1) is 15.5. The number of methoxy groups -OCH3 is 1. The summed E-state index contributed by atoms with van der Waals surface area (Å²) in [5.41, 5.74) is 1.92. The number of benzene rings is 2. The van der Waals surface area contributed by atoms with Crippen LogP contribution in [-0.2, 0) is 0 Å². The molecule has 0 radical (unpaired) electrons. The third kappa shape index (κ3) is 2.49. The number of phenolic OH excluding ortho intramolecular Hbond substituents is 1. The Morgan fingerprint density at radius 2 is 2.12 bits per heavy atom. The molecule has 8 heteroatoms. The summed E-state index contributed by atoms with van der Waals surface area (Å²) in [6, 6.07) is 7.54. The highest BCUT2D eigenvalue weighted by atomic mass is 35.5. The van der Waals surface area contributed by atoms with Crippen LogP contribution in [0, 0.1) is 5.82 Å². The van der Waals surface area contributed by atoms with Crippen LogP contribution in [0.3, 0.4) is 0 Å². The zero-order valence-electron chi connectivity index (χ0n) is 13.0. The quantitative estimate of drug-likeness (QED) is 0.576. The Morgan fingerprint density at radius 3 is 2.88 bits per heavy atom. The third-order valence-electron chi connectivity index (χ3n) is 3.86. The standard InChI is InChI=1S/C17H12ClFN4O2/c1-25-15-6-12-11(5-14(15)24)21-17(13-7-20-8-23(12)13)22-16-9(18)3-2-4-10(16)19/h2-8,24H,1H3,(H,21,22). The monoisotopic (exact) mass is 358 g/mol. The van der Waals surface area contributed by atoms with E-state index in [9.17, 15) is 9.50 Å². The van der Waals surface area contributed by atoms with Crippen molar-refractivity contribution in [3.8, 4) is 11.5 Å². The number of hydrogen-bond donors (Lipinski definition) is 2. The molecule has 0 spiro atoms. The smallest absolute Gasteiger partial charge is 0.162 e. The molecule has 0 atom stereocenters. The van der Waals surface area contributed by atoms with Gasteiger partial charge in [0.05, 0.1) is 41.4 Å². The molecule has 4 aromatic rings. The summed E-state index contributed by atoms with van der Waals surface area (Å²) in [6.07, 6.45) is 3.20. The van der Waals surface area contributed by atoms with Gasteiger partial charge in [0, 0.05) is 12.1 Å². The zero-order chi connectivity index (χ0) is 17.6. The van der Waals surface area contributed by atoms with Crippen LogP contribution < -0.4 is 10.1 Å². The second-order valence-corrected chi connectivity index (χ2v) is 5.75. The molecule has 6 nitrogen and oxygen atoms in total. The molecule has 0 bridgehead atoms. The summed E-state index contributed by atoms with van der Waals surface area (Å²) in [4.78, 5) is 8.61. The van der Waals surface area contributed by atoms with E-state index in [1.54, 1.807) is 29.1 Å². The van der Waals surface area contributed by atoms with Gasteiger partial charge in [0.2, 0.25) is 0 Å². The van der Waals surface area contributed by atoms with Crippen LogP contribution in [-0.4, -0.2) is 26.6 Å². The lowest BCUT2D eigenvalue weighted by atomic mass is 10.2. The van der Waals surface area contributed by atoms with Crippen LogP contribution in [0.2, 0.25) is 5.02 Å². The number of fused-ring (bicyclic) bond motifs is 3. The molecule has 126 valence electrons. The van der Waals surface area contributed by atoms with Crippen molar-refractivity contribution >= 4 is 39.7 Å². The van der Waals surface area contributed by atoms with Crippen LogP contribution in [0.25, 0.3) is 16.6 Å². The first-order chi connectivity index (χ1) is 12.1. The Bertz CT molecular complexity index is 1090. The van der Waals surface area contributed by atoms with Gasteiger partial charge in [-0.2, -0.15) is 0 Å². The lowest BCUT2D eigenvalue weighted by molar-refractivity contribution is 0.374. The largest absolute Gasteiger partial charge is 0.504 e. The van der Waals surface area contributed by atoms with Crippen molar-refractivity contribution in [2.75, 3.05) is 12.4 Å². The molecule has 0 aliphatic carbocycles. The SMILES string of the molecule is COc1cc2c(cc1O)nc(Nc1c(F)cccc1Cl)c1cncn12. The molecule has 0 amide bonds. The minimum absolute atomic E-state index is 0.0446. The van der Waals surface area contributed by atoms with E-state index < -0.39 is 5.82 Å². The topological polar surface area (TPSA) is 71.7 Å². The Morgan fingerprint density at radius 1 is 1.28 bits per heavy atom. The number of phenols is 1. The fraction of sp³-hybridized carbons (Fsp3) is 0.0588. The van der Waals surface area contributed by atoms with Crippen LogP contribution in [0.4, 0.5) is 15.9 Å². The summed E-state index contributed by atoms with van der Waals surface area (Å²) < 4.78 is 21.0. The minimum atomic E-state index is -0.496. The number of aromatic nitrogens is 3. The summed E-state index contributed by atoms with van der Waals surface area (Å²) in [5.74, 6) is 0.144. The summed E-state index contributed by atoms with van der Waals surface area (Å²) in [6.45, 7) is 0. The Hall–Kier alpha value is -3.06. The number of para-hydroxylation sites is 1. The van der Waals surface area contributed by atoms with Crippen molar-refractivity contribution in [2.24, 2.45) is 0 Å². The molecule has 0 unspecified atom stereocenters. The highest BCUT2D eigenvalue weighted by Crippen LogP contribution is 2.34. The molecule has 2 aromatic carbocycles. The Labute approximate surface area is 146 Å². The molecular weight excluding hydrogens is 347 g/mol. The molecule has 25 heavy (non-hydrogen) atoms. The number of nitrogens with one attached hydrogen (secondary N) is 1. The normalized spacial score (nSPS) is 11.2. The number of nitrogens with zero attached hydrogens (tertiary/aromatic N) is 3. The highest BCUT2D eigenvalue weighted by Gasteiger charge is 2.15. The van der Waals surface area contributed by atoms with Gasteiger partial charge < -0.3 is 15.2 Å². The molecule has 0 aliphatic heterocycles. The van der Waals surface area contributed by atoms with Gasteiger partial charge in [-0.05, 0) is 12.1 Å². The molecule has 0 fully saturated rings. The van der Waals surface area contributed by atoms with E-state index in [1.165, 1.54) is 25.3 Å². The van der Waals surface area contributed by atoms with Gasteiger partial charge >= 0.3 is 0 Å². The van der Waals surface area contributed by atoms with E-state index in [-0.39, 0.29) is 16.5 Å². The van der Waals surface area contributed by atoms with Crippen molar-refractivity contribution in [1.82, 2.24) is 14.4 Å². The number of imidazole rings is 1. The lowest BCUT2D eigenvalue weighted by Gasteiger charge is -2.13. The highest BCUT2D eigenvalue weighted by molar-refractivity contribution is 6.33. The maximum atomic E-state index is 14.1. The van der Waals surface area contributed by atoms with Gasteiger partial charge in [-0.3, -0.25) is 4.40 Å². The van der Waals surface area contributed by atoms with E-state index in [0.717, 1.165) is 0 Å². The van der Waals surface area contributed by atoms with Crippen molar-refractivity contribution < 1.29 is 14.2 Å². The summed E-state index contributed by atoms with van der Waals surface area (Å²) in [7, 11) is 1.47. The number of anilines is 2. The molecule has 2 aromatic heterocycles. The van der Waals surface area contributed by atoms with Gasteiger partial charge in [-0.1, -0.05) is 17.7 Å². The molecule has 2 N–H and O–H groups in total. The van der Waals surface area contributed by atoms with Crippen molar-refractivity contribution in [3.05, 3.63) is 53.7 Å². The predicted molar refractivity (Wildman–Crippen MR) is 93.4 cm³/mol. The van der Waals surface area contributed by atoms with E-state index in [1.807, 2.05) is 0 Å². The van der Waals surface area contributed by atoms with Gasteiger partial charge in [0.15, 0.2) is 17.3 Å². The number of rotatable bonds is 3. The number of halogens is 2. The van der Waals surface area contributed by atoms with Gasteiger partial charge in [0.1, 0.15) is 11.3 Å². The van der Waals surface area contributed by atoms with Crippen LogP contribution in [0.1, 0.15) is 0 Å². The predicted octanol–water partition coefficient (Wildman–Crippen LogP) is 4.13. The number of ether oxygens (including phenoxy) is 1. The fourth-order valence-corrected chi connectivity index (χ4v) is 2.87. The number of hydrogen-bond acceptors (Lipinski definition) is 5. The van der Waals surface area contributed by atoms with E-state index in [2.05, 4.69) is 15.3 Å².